The molecule has 0 radical (unpaired) electrons. The molecule has 0 bridgehead atoms. The minimum atomic E-state index is -0.770. The van der Waals surface area contributed by atoms with Gasteiger partial charge in [0.2, 0.25) is 0 Å². The Balaban J connectivity index is 1.53. The molecule has 1 aliphatic heterocycles. The van der Waals surface area contributed by atoms with Gasteiger partial charge in [0.15, 0.2) is 6.40 Å². The molecule has 3 amide bonds. The lowest BCUT2D eigenvalue weighted by atomic mass is 10.1. The van der Waals surface area contributed by atoms with Crippen molar-refractivity contribution in [2.75, 3.05) is 37.5 Å². The average Bonchev–Trinajstić information content (AvgIpc) is 3.37. The van der Waals surface area contributed by atoms with Gasteiger partial charge in [-0.05, 0) is 29.8 Å². The fourth-order valence-corrected chi connectivity index (χ4v) is 3.28. The van der Waals surface area contributed by atoms with Crippen molar-refractivity contribution in [1.82, 2.24) is 5.32 Å². The van der Waals surface area contributed by atoms with Crippen LogP contribution in [0.25, 0.3) is 0 Å². The lowest BCUT2D eigenvalue weighted by molar-refractivity contribution is 0.0424. The number of benzene rings is 2. The zero-order valence-electron chi connectivity index (χ0n) is 18.7. The summed E-state index contributed by atoms with van der Waals surface area (Å²) < 4.78 is 15.9. The first kappa shape index (κ1) is 24.8. The van der Waals surface area contributed by atoms with Crippen molar-refractivity contribution < 1.29 is 34.0 Å². The Hall–Kier alpha value is -3.83. The zero-order chi connectivity index (χ0) is 24.3. The number of urea groups is 1. The SMILES string of the molecule is COc1cc(NC(=O)Nc2cccc(CNC(=O)O[C@H](CO)CCO)c2)ccc1C1CN=CO1. The number of aliphatic hydroxyl groups is 2. The number of carbonyl (C=O) groups is 2. The van der Waals surface area contributed by atoms with Gasteiger partial charge in [0.1, 0.15) is 18.0 Å². The van der Waals surface area contributed by atoms with Crippen molar-refractivity contribution in [2.45, 2.75) is 25.2 Å². The number of aliphatic imine (C=N–C) groups is 1. The minimum absolute atomic E-state index is 0.149. The topological polar surface area (TPSA) is 151 Å². The third-order valence-corrected chi connectivity index (χ3v) is 4.96. The van der Waals surface area contributed by atoms with Crippen LogP contribution in [0.1, 0.15) is 23.7 Å². The van der Waals surface area contributed by atoms with Crippen LogP contribution in [-0.2, 0) is 16.0 Å². The Bertz CT molecular complexity index is 1010. The molecule has 2 atom stereocenters. The molecule has 3 rings (SSSR count). The second-order valence-corrected chi connectivity index (χ2v) is 7.41. The van der Waals surface area contributed by atoms with Crippen LogP contribution in [0.5, 0.6) is 5.75 Å². The van der Waals surface area contributed by atoms with Gasteiger partial charge in [0.25, 0.3) is 0 Å². The first-order chi connectivity index (χ1) is 16.5. The fraction of sp³-hybridized carbons (Fsp3) is 0.348. The molecule has 0 saturated carbocycles. The highest BCUT2D eigenvalue weighted by Crippen LogP contribution is 2.32. The lowest BCUT2D eigenvalue weighted by Gasteiger charge is -2.16. The first-order valence-electron chi connectivity index (χ1n) is 10.7. The van der Waals surface area contributed by atoms with E-state index >= 15 is 0 Å². The smallest absolute Gasteiger partial charge is 0.407 e. The van der Waals surface area contributed by atoms with E-state index in [9.17, 15) is 9.59 Å². The Morgan fingerprint density at radius 2 is 1.97 bits per heavy atom. The van der Waals surface area contributed by atoms with Gasteiger partial charge in [0.05, 0.1) is 20.3 Å². The number of rotatable bonds is 10. The number of hydrogen-bond donors (Lipinski definition) is 5. The standard InChI is InChI=1S/C23H28N4O7/c1-32-20-10-17(5-6-19(20)21-12-24-14-33-21)27-22(30)26-16-4-2-3-15(9-16)11-25-23(31)34-18(13-29)7-8-28/h2-6,9-10,14,18,21,28-29H,7-8,11-13H2,1H3,(H,25,31)(H2,26,27,30)/t18-,21?/m0/s1. The van der Waals surface area contributed by atoms with E-state index < -0.39 is 18.2 Å². The molecule has 0 spiro atoms. The van der Waals surface area contributed by atoms with Crippen molar-refractivity contribution in [3.05, 3.63) is 53.6 Å². The van der Waals surface area contributed by atoms with Crippen molar-refractivity contribution in [3.63, 3.8) is 0 Å². The highest BCUT2D eigenvalue weighted by molar-refractivity contribution is 5.99. The third kappa shape index (κ3) is 7.09. The molecule has 0 aromatic heterocycles. The molecule has 2 aromatic carbocycles. The van der Waals surface area contributed by atoms with Crippen molar-refractivity contribution in [1.29, 1.82) is 0 Å². The highest BCUT2D eigenvalue weighted by atomic mass is 16.6. The largest absolute Gasteiger partial charge is 0.496 e. The summed E-state index contributed by atoms with van der Waals surface area (Å²) in [5.74, 6) is 0.579. The van der Waals surface area contributed by atoms with Crippen LogP contribution in [0.2, 0.25) is 0 Å². The van der Waals surface area contributed by atoms with Crippen LogP contribution in [-0.4, -0.2) is 61.7 Å². The summed E-state index contributed by atoms with van der Waals surface area (Å²) in [6.45, 7) is 0.0883. The van der Waals surface area contributed by atoms with Crippen LogP contribution < -0.4 is 20.7 Å². The summed E-state index contributed by atoms with van der Waals surface area (Å²) in [6, 6.07) is 11.8. The number of ether oxygens (including phenoxy) is 3. The second-order valence-electron chi connectivity index (χ2n) is 7.41. The third-order valence-electron chi connectivity index (χ3n) is 4.96. The van der Waals surface area contributed by atoms with Crippen LogP contribution in [0.15, 0.2) is 47.5 Å². The zero-order valence-corrected chi connectivity index (χ0v) is 18.7. The predicted molar refractivity (Wildman–Crippen MR) is 125 cm³/mol. The monoisotopic (exact) mass is 472 g/mol. The van der Waals surface area contributed by atoms with E-state index in [1.807, 2.05) is 6.07 Å². The van der Waals surface area contributed by atoms with Gasteiger partial charge >= 0.3 is 12.1 Å². The molecule has 11 nitrogen and oxygen atoms in total. The molecule has 1 heterocycles. The maximum atomic E-state index is 12.5. The van der Waals surface area contributed by atoms with Crippen LogP contribution in [0, 0.1) is 0 Å². The molecular formula is C23H28N4O7. The van der Waals surface area contributed by atoms with E-state index in [0.29, 0.717) is 23.7 Å². The highest BCUT2D eigenvalue weighted by Gasteiger charge is 2.20. The molecule has 0 saturated heterocycles. The van der Waals surface area contributed by atoms with Crippen LogP contribution in [0.3, 0.4) is 0 Å². The number of nitrogens with one attached hydrogen (secondary N) is 3. The van der Waals surface area contributed by atoms with Crippen LogP contribution >= 0.6 is 0 Å². The maximum absolute atomic E-state index is 12.5. The van der Waals surface area contributed by atoms with Gasteiger partial charge in [-0.2, -0.15) is 0 Å². The molecule has 5 N–H and O–H groups in total. The Labute approximate surface area is 196 Å². The van der Waals surface area contributed by atoms with Gasteiger partial charge in [-0.1, -0.05) is 12.1 Å². The van der Waals surface area contributed by atoms with Crippen molar-refractivity contribution >= 4 is 29.9 Å². The molecule has 182 valence electrons. The van der Waals surface area contributed by atoms with E-state index in [0.717, 1.165) is 11.1 Å². The molecule has 2 aromatic rings. The number of amides is 3. The summed E-state index contributed by atoms with van der Waals surface area (Å²) >= 11 is 0. The van der Waals surface area contributed by atoms with Gasteiger partial charge in [0, 0.05) is 42.6 Å². The number of methoxy groups -OCH3 is 1. The number of carbonyl (C=O) groups excluding carboxylic acids is 2. The summed E-state index contributed by atoms with van der Waals surface area (Å²) in [4.78, 5) is 28.4. The molecule has 1 aliphatic rings. The molecule has 1 unspecified atom stereocenters. The number of aliphatic hydroxyl groups excluding tert-OH is 2. The van der Waals surface area contributed by atoms with E-state index in [1.165, 1.54) is 6.40 Å². The van der Waals surface area contributed by atoms with Gasteiger partial charge < -0.3 is 40.4 Å². The summed E-state index contributed by atoms with van der Waals surface area (Å²) in [5, 5.41) is 26.1. The quantitative estimate of drug-likeness (QED) is 0.356. The lowest BCUT2D eigenvalue weighted by Crippen LogP contribution is -2.31. The molecule has 0 aliphatic carbocycles. The van der Waals surface area contributed by atoms with Gasteiger partial charge in [-0.15, -0.1) is 0 Å². The fourth-order valence-electron chi connectivity index (χ4n) is 3.28. The van der Waals surface area contributed by atoms with Gasteiger partial charge in [-0.3, -0.25) is 4.99 Å². The first-order valence-corrected chi connectivity index (χ1v) is 10.7. The Morgan fingerprint density at radius 3 is 2.65 bits per heavy atom. The van der Waals surface area contributed by atoms with E-state index in [1.54, 1.807) is 43.5 Å². The van der Waals surface area contributed by atoms with E-state index in [2.05, 4.69) is 20.9 Å². The number of hydrogen-bond acceptors (Lipinski definition) is 8. The normalized spacial score (nSPS) is 15.2. The van der Waals surface area contributed by atoms with Crippen molar-refractivity contribution in [3.8, 4) is 5.75 Å². The van der Waals surface area contributed by atoms with Crippen molar-refractivity contribution in [2.24, 2.45) is 4.99 Å². The molecule has 34 heavy (non-hydrogen) atoms. The Morgan fingerprint density at radius 1 is 1.18 bits per heavy atom. The Kier molecular flexibility index (Phi) is 9.06. The number of alkyl carbamates (subject to hydrolysis) is 1. The molecular weight excluding hydrogens is 444 g/mol. The summed E-state index contributed by atoms with van der Waals surface area (Å²) in [7, 11) is 1.55. The minimum Gasteiger partial charge on any atom is -0.496 e. The summed E-state index contributed by atoms with van der Waals surface area (Å²) in [6.07, 6.45) is -0.130. The van der Waals surface area contributed by atoms with Gasteiger partial charge in [-0.25, -0.2) is 9.59 Å². The average molecular weight is 472 g/mol. The molecule has 11 heteroatoms. The van der Waals surface area contributed by atoms with E-state index in [-0.39, 0.29) is 32.3 Å². The maximum Gasteiger partial charge on any atom is 0.407 e. The number of nitrogens with zero attached hydrogens (tertiary/aromatic N) is 1. The predicted octanol–water partition coefficient (Wildman–Crippen LogP) is 2.41. The van der Waals surface area contributed by atoms with E-state index in [4.69, 9.17) is 24.4 Å². The number of anilines is 2. The van der Waals surface area contributed by atoms with Crippen LogP contribution in [0.4, 0.5) is 21.0 Å². The second kappa shape index (κ2) is 12.4. The summed E-state index contributed by atoms with van der Waals surface area (Å²) in [5.41, 5.74) is 2.63. The molecule has 0 fully saturated rings.